The average molecular weight is 249 g/mol. The highest BCUT2D eigenvalue weighted by molar-refractivity contribution is 5.92. The molecule has 1 aromatic heterocycles. The summed E-state index contributed by atoms with van der Waals surface area (Å²) < 4.78 is 0. The summed E-state index contributed by atoms with van der Waals surface area (Å²) in [5, 5.41) is 11.6. The zero-order valence-electron chi connectivity index (χ0n) is 10.6. The topological polar surface area (TPSA) is 75.1 Å². The lowest BCUT2D eigenvalue weighted by molar-refractivity contribution is 0.0940. The van der Waals surface area contributed by atoms with E-state index in [1.165, 1.54) is 0 Å². The van der Waals surface area contributed by atoms with Crippen molar-refractivity contribution >= 4 is 5.91 Å². The van der Waals surface area contributed by atoms with Gasteiger partial charge in [0.15, 0.2) is 0 Å². The zero-order valence-corrected chi connectivity index (χ0v) is 10.6. The van der Waals surface area contributed by atoms with Gasteiger partial charge in [0.2, 0.25) is 0 Å². The Labute approximate surface area is 107 Å². The highest BCUT2D eigenvalue weighted by Gasteiger charge is 2.27. The van der Waals surface area contributed by atoms with Crippen LogP contribution in [-0.4, -0.2) is 34.1 Å². The van der Waals surface area contributed by atoms with Crippen LogP contribution in [-0.2, 0) is 0 Å². The molecular formula is C13H19N3O2. The second-order valence-electron chi connectivity index (χ2n) is 4.90. The van der Waals surface area contributed by atoms with Crippen molar-refractivity contribution in [3.8, 4) is 0 Å². The minimum absolute atomic E-state index is 0.149. The van der Waals surface area contributed by atoms with Gasteiger partial charge in [0, 0.05) is 25.3 Å². The summed E-state index contributed by atoms with van der Waals surface area (Å²) in [5.74, 6) is 1.34. The quantitative estimate of drug-likeness (QED) is 0.791. The molecule has 5 heteroatoms. The number of carbonyl (C=O) groups excluding carboxylic acids is 1. The highest BCUT2D eigenvalue weighted by atomic mass is 16.3. The zero-order chi connectivity index (χ0) is 13.0. The van der Waals surface area contributed by atoms with E-state index in [1.54, 1.807) is 12.3 Å². The molecule has 18 heavy (non-hydrogen) atoms. The third kappa shape index (κ3) is 3.50. The number of nitrogens with zero attached hydrogens (tertiary/aromatic N) is 2. The van der Waals surface area contributed by atoms with Crippen LogP contribution in [0.15, 0.2) is 12.3 Å². The van der Waals surface area contributed by atoms with Crippen molar-refractivity contribution in [2.24, 2.45) is 5.92 Å². The second kappa shape index (κ2) is 5.91. The van der Waals surface area contributed by atoms with Gasteiger partial charge in [-0.05, 0) is 31.2 Å². The molecule has 5 nitrogen and oxygen atoms in total. The SMILES string of the molecule is CC(CCO)CNC(=O)c1ccnc(C2CC2)n1. The largest absolute Gasteiger partial charge is 0.396 e. The first-order valence-corrected chi connectivity index (χ1v) is 6.42. The number of carbonyl (C=O) groups is 1. The summed E-state index contributed by atoms with van der Waals surface area (Å²) in [6.07, 6.45) is 4.58. The number of nitrogens with one attached hydrogen (secondary N) is 1. The maximum absolute atomic E-state index is 11.9. The van der Waals surface area contributed by atoms with Gasteiger partial charge in [0.05, 0.1) is 0 Å². The van der Waals surface area contributed by atoms with Gasteiger partial charge in [0.1, 0.15) is 11.5 Å². The fourth-order valence-electron chi connectivity index (χ4n) is 1.72. The molecular weight excluding hydrogens is 230 g/mol. The van der Waals surface area contributed by atoms with E-state index in [0.717, 1.165) is 18.7 Å². The fraction of sp³-hybridized carbons (Fsp3) is 0.615. The maximum Gasteiger partial charge on any atom is 0.270 e. The molecule has 1 unspecified atom stereocenters. The fourth-order valence-corrected chi connectivity index (χ4v) is 1.72. The Morgan fingerprint density at radius 3 is 3.06 bits per heavy atom. The van der Waals surface area contributed by atoms with Crippen molar-refractivity contribution in [2.75, 3.05) is 13.2 Å². The summed E-state index contributed by atoms with van der Waals surface area (Å²) in [6.45, 7) is 2.70. The monoisotopic (exact) mass is 249 g/mol. The first-order valence-electron chi connectivity index (χ1n) is 6.42. The van der Waals surface area contributed by atoms with Gasteiger partial charge < -0.3 is 10.4 Å². The van der Waals surface area contributed by atoms with Gasteiger partial charge in [0.25, 0.3) is 5.91 Å². The lowest BCUT2D eigenvalue weighted by atomic mass is 10.1. The van der Waals surface area contributed by atoms with Gasteiger partial charge in [-0.15, -0.1) is 0 Å². The molecule has 1 atom stereocenters. The molecule has 1 amide bonds. The molecule has 1 heterocycles. The molecule has 1 fully saturated rings. The van der Waals surface area contributed by atoms with Crippen LogP contribution in [0.1, 0.15) is 48.4 Å². The van der Waals surface area contributed by atoms with Crippen LogP contribution in [0.5, 0.6) is 0 Å². The smallest absolute Gasteiger partial charge is 0.270 e. The Morgan fingerprint density at radius 1 is 1.61 bits per heavy atom. The van der Waals surface area contributed by atoms with Crippen molar-refractivity contribution in [3.05, 3.63) is 23.8 Å². The van der Waals surface area contributed by atoms with Crippen molar-refractivity contribution in [1.29, 1.82) is 0 Å². The molecule has 1 aliphatic carbocycles. The van der Waals surface area contributed by atoms with Crippen LogP contribution in [0, 0.1) is 5.92 Å². The van der Waals surface area contributed by atoms with E-state index in [-0.39, 0.29) is 18.4 Å². The van der Waals surface area contributed by atoms with E-state index >= 15 is 0 Å². The van der Waals surface area contributed by atoms with E-state index in [4.69, 9.17) is 5.11 Å². The molecule has 0 saturated heterocycles. The number of hydrogen-bond acceptors (Lipinski definition) is 4. The van der Waals surface area contributed by atoms with Crippen molar-refractivity contribution in [1.82, 2.24) is 15.3 Å². The molecule has 98 valence electrons. The lowest BCUT2D eigenvalue weighted by Crippen LogP contribution is -2.29. The molecule has 1 aromatic rings. The molecule has 2 N–H and O–H groups in total. The van der Waals surface area contributed by atoms with Crippen LogP contribution in [0.4, 0.5) is 0 Å². The molecule has 2 rings (SSSR count). The summed E-state index contributed by atoms with van der Waals surface area (Å²) in [6, 6.07) is 1.64. The van der Waals surface area contributed by atoms with Gasteiger partial charge in [-0.2, -0.15) is 0 Å². The third-order valence-corrected chi connectivity index (χ3v) is 3.08. The van der Waals surface area contributed by atoms with Crippen LogP contribution in [0.25, 0.3) is 0 Å². The molecule has 0 radical (unpaired) electrons. The van der Waals surface area contributed by atoms with Crippen LogP contribution >= 0.6 is 0 Å². The van der Waals surface area contributed by atoms with Crippen LogP contribution in [0.2, 0.25) is 0 Å². The van der Waals surface area contributed by atoms with E-state index in [1.807, 2.05) is 6.92 Å². The highest BCUT2D eigenvalue weighted by Crippen LogP contribution is 2.37. The predicted octanol–water partition coefficient (Wildman–Crippen LogP) is 1.10. The number of aliphatic hydroxyl groups is 1. The standard InChI is InChI=1S/C13H19N3O2/c1-9(5-7-17)8-15-13(18)11-4-6-14-12(16-11)10-2-3-10/h4,6,9-10,17H,2-3,5,7-8H2,1H3,(H,15,18). The molecule has 1 saturated carbocycles. The van der Waals surface area contributed by atoms with E-state index in [9.17, 15) is 4.79 Å². The number of aromatic nitrogens is 2. The Bertz CT molecular complexity index is 418. The summed E-state index contributed by atoms with van der Waals surface area (Å²) >= 11 is 0. The first kappa shape index (κ1) is 13.0. The molecule has 0 bridgehead atoms. The number of aliphatic hydroxyl groups excluding tert-OH is 1. The summed E-state index contributed by atoms with van der Waals surface area (Å²) in [4.78, 5) is 20.4. The third-order valence-electron chi connectivity index (χ3n) is 3.08. The Hall–Kier alpha value is -1.49. The Morgan fingerprint density at radius 2 is 2.39 bits per heavy atom. The normalized spacial score (nSPS) is 16.3. The van der Waals surface area contributed by atoms with E-state index in [2.05, 4.69) is 15.3 Å². The number of rotatable bonds is 6. The van der Waals surface area contributed by atoms with Gasteiger partial charge >= 0.3 is 0 Å². The lowest BCUT2D eigenvalue weighted by Gasteiger charge is -2.10. The van der Waals surface area contributed by atoms with Crippen molar-refractivity contribution < 1.29 is 9.90 Å². The van der Waals surface area contributed by atoms with Crippen molar-refractivity contribution in [2.45, 2.75) is 32.1 Å². The Kier molecular flexibility index (Phi) is 4.25. The molecule has 0 aromatic carbocycles. The number of amides is 1. The first-order chi connectivity index (χ1) is 8.70. The molecule has 0 aliphatic heterocycles. The molecule has 0 spiro atoms. The average Bonchev–Trinajstić information content (AvgIpc) is 3.21. The number of hydrogen-bond donors (Lipinski definition) is 2. The minimum Gasteiger partial charge on any atom is -0.396 e. The second-order valence-corrected chi connectivity index (χ2v) is 4.90. The Balaban J connectivity index is 1.89. The minimum atomic E-state index is -0.163. The summed E-state index contributed by atoms with van der Waals surface area (Å²) in [7, 11) is 0. The molecule has 1 aliphatic rings. The maximum atomic E-state index is 11.9. The van der Waals surface area contributed by atoms with Crippen LogP contribution in [0.3, 0.4) is 0 Å². The summed E-state index contributed by atoms with van der Waals surface area (Å²) in [5.41, 5.74) is 0.433. The van der Waals surface area contributed by atoms with Gasteiger partial charge in [-0.1, -0.05) is 6.92 Å². The van der Waals surface area contributed by atoms with E-state index in [0.29, 0.717) is 24.6 Å². The van der Waals surface area contributed by atoms with Gasteiger partial charge in [-0.3, -0.25) is 4.79 Å². The van der Waals surface area contributed by atoms with Gasteiger partial charge in [-0.25, -0.2) is 9.97 Å². The van der Waals surface area contributed by atoms with Crippen molar-refractivity contribution in [3.63, 3.8) is 0 Å². The predicted molar refractivity (Wildman–Crippen MR) is 67.2 cm³/mol. The van der Waals surface area contributed by atoms with E-state index < -0.39 is 0 Å². The van der Waals surface area contributed by atoms with Crippen LogP contribution < -0.4 is 5.32 Å².